The molecule has 1 atom stereocenters. The second kappa shape index (κ2) is 12.2. The van der Waals surface area contributed by atoms with Crippen molar-refractivity contribution in [2.24, 2.45) is 0 Å². The Bertz CT molecular complexity index is 791. The molecule has 1 N–H and O–H groups in total. The summed E-state index contributed by atoms with van der Waals surface area (Å²) in [5.41, 5.74) is 1.61. The summed E-state index contributed by atoms with van der Waals surface area (Å²) in [5, 5.41) is 2.99. The van der Waals surface area contributed by atoms with Gasteiger partial charge in [0.15, 0.2) is 0 Å². The molecule has 0 saturated heterocycles. The highest BCUT2D eigenvalue weighted by atomic mass is 16.7. The highest BCUT2D eigenvalue weighted by Gasteiger charge is 2.16. The van der Waals surface area contributed by atoms with Crippen LogP contribution in [0.5, 0.6) is 5.75 Å². The monoisotopic (exact) mass is 397 g/mol. The maximum atomic E-state index is 12.6. The molecule has 0 spiro atoms. The van der Waals surface area contributed by atoms with Crippen LogP contribution in [0.2, 0.25) is 0 Å². The largest absolute Gasteiger partial charge is 0.508 e. The Kier molecular flexibility index (Phi) is 9.29. The Balaban J connectivity index is 1.92. The van der Waals surface area contributed by atoms with Crippen LogP contribution in [0.1, 0.15) is 34.7 Å². The van der Waals surface area contributed by atoms with Crippen LogP contribution in [0.15, 0.2) is 67.3 Å². The topological polar surface area (TPSA) is 73.9 Å². The van der Waals surface area contributed by atoms with Gasteiger partial charge in [0.25, 0.3) is 5.91 Å². The van der Waals surface area contributed by atoms with Crippen LogP contribution in [-0.2, 0) is 9.47 Å². The average Bonchev–Trinajstić information content (AvgIpc) is 2.77. The molecule has 0 aliphatic heterocycles. The Morgan fingerprint density at radius 3 is 2.52 bits per heavy atom. The summed E-state index contributed by atoms with van der Waals surface area (Å²) < 4.78 is 15.1. The molecule has 6 nitrogen and oxygen atoms in total. The number of rotatable bonds is 11. The Morgan fingerprint density at radius 1 is 1.07 bits per heavy atom. The van der Waals surface area contributed by atoms with E-state index in [2.05, 4.69) is 11.9 Å². The predicted octanol–water partition coefficient (Wildman–Crippen LogP) is 4.33. The summed E-state index contributed by atoms with van der Waals surface area (Å²) in [5.74, 6) is 0.433. The molecule has 2 aromatic carbocycles. The van der Waals surface area contributed by atoms with Crippen LogP contribution in [0.4, 0.5) is 4.79 Å². The van der Waals surface area contributed by atoms with Gasteiger partial charge in [0.05, 0.1) is 19.3 Å². The molecule has 0 aromatic heterocycles. The van der Waals surface area contributed by atoms with Gasteiger partial charge in [0.1, 0.15) is 12.4 Å². The van der Waals surface area contributed by atoms with Crippen molar-refractivity contribution in [2.75, 3.05) is 26.9 Å². The van der Waals surface area contributed by atoms with Crippen LogP contribution >= 0.6 is 0 Å². The first-order valence-electron chi connectivity index (χ1n) is 9.52. The molecule has 0 fully saturated rings. The van der Waals surface area contributed by atoms with Gasteiger partial charge in [-0.3, -0.25) is 4.79 Å². The lowest BCUT2D eigenvalue weighted by atomic mass is 9.94. The average molecular weight is 397 g/mol. The second-order valence-electron chi connectivity index (χ2n) is 6.36. The zero-order valence-electron chi connectivity index (χ0n) is 16.6. The summed E-state index contributed by atoms with van der Waals surface area (Å²) >= 11 is 0. The minimum atomic E-state index is -0.703. The molecule has 0 heterocycles. The van der Waals surface area contributed by atoms with Crippen molar-refractivity contribution < 1.29 is 23.8 Å². The van der Waals surface area contributed by atoms with Gasteiger partial charge in [0.2, 0.25) is 0 Å². The second-order valence-corrected chi connectivity index (χ2v) is 6.36. The third kappa shape index (κ3) is 7.33. The van der Waals surface area contributed by atoms with Crippen LogP contribution in [0.25, 0.3) is 0 Å². The fourth-order valence-electron chi connectivity index (χ4n) is 2.91. The third-order valence-electron chi connectivity index (χ3n) is 4.37. The SMILES string of the molecule is C=CCOC(=O)OCCCC(CNC(=O)c1ccccc1OC)c1ccccc1. The minimum Gasteiger partial charge on any atom is -0.496 e. The molecule has 29 heavy (non-hydrogen) atoms. The number of hydrogen-bond acceptors (Lipinski definition) is 5. The number of para-hydroxylation sites is 1. The number of benzene rings is 2. The normalized spacial score (nSPS) is 11.2. The third-order valence-corrected chi connectivity index (χ3v) is 4.37. The molecule has 154 valence electrons. The smallest absolute Gasteiger partial charge is 0.496 e. The molecule has 0 aliphatic rings. The van der Waals surface area contributed by atoms with Crippen molar-refractivity contribution in [1.29, 1.82) is 0 Å². The molecular formula is C23H27NO5. The van der Waals surface area contributed by atoms with E-state index in [9.17, 15) is 9.59 Å². The fraction of sp³-hybridized carbons (Fsp3) is 0.304. The summed E-state index contributed by atoms with van der Waals surface area (Å²) in [7, 11) is 1.54. The van der Waals surface area contributed by atoms with Crippen molar-refractivity contribution in [3.05, 3.63) is 78.4 Å². The van der Waals surface area contributed by atoms with E-state index in [0.29, 0.717) is 24.3 Å². The number of nitrogens with one attached hydrogen (secondary N) is 1. The predicted molar refractivity (Wildman–Crippen MR) is 111 cm³/mol. The van der Waals surface area contributed by atoms with E-state index < -0.39 is 6.16 Å². The van der Waals surface area contributed by atoms with Crippen molar-refractivity contribution >= 4 is 12.1 Å². The van der Waals surface area contributed by atoms with Gasteiger partial charge >= 0.3 is 6.16 Å². The number of hydrogen-bond donors (Lipinski definition) is 1. The first kappa shape index (κ1) is 22.0. The van der Waals surface area contributed by atoms with E-state index in [-0.39, 0.29) is 25.0 Å². The quantitative estimate of drug-likeness (QED) is 0.347. The first-order chi connectivity index (χ1) is 14.2. The van der Waals surface area contributed by atoms with Crippen molar-refractivity contribution in [3.63, 3.8) is 0 Å². The van der Waals surface area contributed by atoms with Crippen LogP contribution in [0.3, 0.4) is 0 Å². The van der Waals surface area contributed by atoms with Crippen LogP contribution in [0, 0.1) is 0 Å². The zero-order chi connectivity index (χ0) is 20.9. The van der Waals surface area contributed by atoms with E-state index in [1.807, 2.05) is 36.4 Å². The Labute approximate surface area is 171 Å². The van der Waals surface area contributed by atoms with Crippen LogP contribution in [-0.4, -0.2) is 38.9 Å². The minimum absolute atomic E-state index is 0.0858. The van der Waals surface area contributed by atoms with Gasteiger partial charge in [-0.15, -0.1) is 0 Å². The molecular weight excluding hydrogens is 370 g/mol. The first-order valence-corrected chi connectivity index (χ1v) is 9.52. The van der Waals surface area contributed by atoms with Crippen molar-refractivity contribution in [2.45, 2.75) is 18.8 Å². The summed E-state index contributed by atoms with van der Waals surface area (Å²) in [6.45, 7) is 4.31. The molecule has 0 bridgehead atoms. The molecule has 0 radical (unpaired) electrons. The maximum absolute atomic E-state index is 12.6. The van der Waals surface area contributed by atoms with Gasteiger partial charge in [0, 0.05) is 12.5 Å². The number of amides is 1. The zero-order valence-corrected chi connectivity index (χ0v) is 16.6. The van der Waals surface area contributed by atoms with E-state index in [4.69, 9.17) is 14.2 Å². The molecule has 2 aromatic rings. The Morgan fingerprint density at radius 2 is 1.79 bits per heavy atom. The molecule has 0 saturated carbocycles. The number of methoxy groups -OCH3 is 1. The Hall–Kier alpha value is -3.28. The number of ether oxygens (including phenoxy) is 3. The van der Waals surface area contributed by atoms with Gasteiger partial charge in [-0.2, -0.15) is 0 Å². The van der Waals surface area contributed by atoms with Gasteiger partial charge < -0.3 is 19.5 Å². The fourth-order valence-corrected chi connectivity index (χ4v) is 2.91. The van der Waals surface area contributed by atoms with Crippen molar-refractivity contribution in [1.82, 2.24) is 5.32 Å². The number of carbonyl (C=O) groups excluding carboxylic acids is 2. The molecule has 0 aliphatic carbocycles. The van der Waals surface area contributed by atoms with Gasteiger partial charge in [-0.05, 0) is 30.5 Å². The van der Waals surface area contributed by atoms with E-state index in [0.717, 1.165) is 12.0 Å². The highest BCUT2D eigenvalue weighted by Crippen LogP contribution is 2.22. The molecule has 2 rings (SSSR count). The highest BCUT2D eigenvalue weighted by molar-refractivity contribution is 5.96. The van der Waals surface area contributed by atoms with Crippen LogP contribution < -0.4 is 10.1 Å². The lowest BCUT2D eigenvalue weighted by Crippen LogP contribution is -2.29. The summed E-state index contributed by atoms with van der Waals surface area (Å²) in [6, 6.07) is 17.0. The molecule has 6 heteroatoms. The van der Waals surface area contributed by atoms with Gasteiger partial charge in [-0.25, -0.2) is 4.79 Å². The maximum Gasteiger partial charge on any atom is 0.508 e. The summed E-state index contributed by atoms with van der Waals surface area (Å²) in [6.07, 6.45) is 2.17. The number of carbonyl (C=O) groups is 2. The van der Waals surface area contributed by atoms with E-state index in [1.54, 1.807) is 25.3 Å². The summed E-state index contributed by atoms with van der Waals surface area (Å²) in [4.78, 5) is 24.0. The van der Waals surface area contributed by atoms with E-state index in [1.165, 1.54) is 6.08 Å². The lowest BCUT2D eigenvalue weighted by Gasteiger charge is -2.19. The van der Waals surface area contributed by atoms with E-state index >= 15 is 0 Å². The molecule has 1 unspecified atom stereocenters. The van der Waals surface area contributed by atoms with Crippen molar-refractivity contribution in [3.8, 4) is 5.75 Å². The molecule has 1 amide bonds. The standard InChI is InChI=1S/C23H27NO5/c1-3-15-28-23(26)29-16-9-12-19(18-10-5-4-6-11-18)17-24-22(25)20-13-7-8-14-21(20)27-2/h3-8,10-11,13-14,19H,1,9,12,15-17H2,2H3,(H,24,25). The lowest BCUT2D eigenvalue weighted by molar-refractivity contribution is 0.0617. The van der Waals surface area contributed by atoms with Gasteiger partial charge in [-0.1, -0.05) is 55.1 Å².